The van der Waals surface area contributed by atoms with Crippen molar-refractivity contribution < 1.29 is 14.3 Å². The molecule has 1 rings (SSSR count). The molecule has 0 saturated carbocycles. The van der Waals surface area contributed by atoms with Crippen LogP contribution < -0.4 is 0 Å². The molecule has 96 valence electrons. The molecule has 0 N–H and O–H groups in total. The van der Waals surface area contributed by atoms with Gasteiger partial charge in [0.25, 0.3) is 0 Å². The Hall–Kier alpha value is -1.36. The quantitative estimate of drug-likeness (QED) is 0.517. The average Bonchev–Trinajstić information content (AvgIpc) is 2.76. The van der Waals surface area contributed by atoms with E-state index in [2.05, 4.69) is 4.74 Å². The first kappa shape index (κ1) is 13.7. The summed E-state index contributed by atoms with van der Waals surface area (Å²) in [6, 6.07) is 0. The van der Waals surface area contributed by atoms with Crippen molar-refractivity contribution in [2.75, 3.05) is 40.8 Å². The highest BCUT2D eigenvalue weighted by Crippen LogP contribution is 2.17. The fourth-order valence-corrected chi connectivity index (χ4v) is 1.79. The van der Waals surface area contributed by atoms with Gasteiger partial charge in [-0.3, -0.25) is 9.59 Å². The van der Waals surface area contributed by atoms with Gasteiger partial charge in [-0.05, 0) is 20.5 Å². The number of ether oxygens (including phenoxy) is 1. The standard InChI is InChI=1S/C12H20N2O3/c1-13(2)7-4-5-11(15)14-8-6-10(9-14)12(16)17-3/h4-5,10H,6-9H2,1-3H3/b5-4+/t10-/m1/s1. The smallest absolute Gasteiger partial charge is 0.310 e. The summed E-state index contributed by atoms with van der Waals surface area (Å²) in [6.45, 7) is 1.84. The minimum absolute atomic E-state index is 0.0294. The molecule has 0 spiro atoms. The predicted octanol–water partition coefficient (Wildman–Crippen LogP) is 0.126. The number of carbonyl (C=O) groups excluding carboxylic acids is 2. The molecule has 1 heterocycles. The van der Waals surface area contributed by atoms with Crippen LogP contribution in [0, 0.1) is 5.92 Å². The molecule has 5 nitrogen and oxygen atoms in total. The van der Waals surface area contributed by atoms with Crippen LogP contribution in [0.4, 0.5) is 0 Å². The van der Waals surface area contributed by atoms with Crippen molar-refractivity contribution >= 4 is 11.9 Å². The minimum Gasteiger partial charge on any atom is -0.469 e. The topological polar surface area (TPSA) is 49.9 Å². The highest BCUT2D eigenvalue weighted by Gasteiger charge is 2.30. The number of amides is 1. The molecule has 1 aliphatic heterocycles. The number of rotatable bonds is 4. The third-order valence-electron chi connectivity index (χ3n) is 2.77. The van der Waals surface area contributed by atoms with E-state index in [0.717, 1.165) is 6.54 Å². The van der Waals surface area contributed by atoms with E-state index in [1.165, 1.54) is 7.11 Å². The van der Waals surface area contributed by atoms with Crippen molar-refractivity contribution in [3.63, 3.8) is 0 Å². The van der Waals surface area contributed by atoms with Gasteiger partial charge in [-0.25, -0.2) is 0 Å². The van der Waals surface area contributed by atoms with Gasteiger partial charge in [-0.15, -0.1) is 0 Å². The van der Waals surface area contributed by atoms with Crippen LogP contribution in [0.3, 0.4) is 0 Å². The highest BCUT2D eigenvalue weighted by molar-refractivity contribution is 5.88. The van der Waals surface area contributed by atoms with Gasteiger partial charge in [0.2, 0.25) is 5.91 Å². The second-order valence-corrected chi connectivity index (χ2v) is 4.46. The second-order valence-electron chi connectivity index (χ2n) is 4.46. The van der Waals surface area contributed by atoms with Crippen LogP contribution in [0.25, 0.3) is 0 Å². The van der Waals surface area contributed by atoms with Crippen molar-refractivity contribution in [1.82, 2.24) is 9.80 Å². The normalized spacial score (nSPS) is 20.2. The van der Waals surface area contributed by atoms with E-state index in [9.17, 15) is 9.59 Å². The number of methoxy groups -OCH3 is 1. The van der Waals surface area contributed by atoms with E-state index >= 15 is 0 Å². The van der Waals surface area contributed by atoms with E-state index in [1.54, 1.807) is 11.0 Å². The Balaban J connectivity index is 2.40. The van der Waals surface area contributed by atoms with Crippen molar-refractivity contribution in [3.8, 4) is 0 Å². The maximum Gasteiger partial charge on any atom is 0.310 e. The Morgan fingerprint density at radius 3 is 2.76 bits per heavy atom. The lowest BCUT2D eigenvalue weighted by atomic mass is 10.1. The van der Waals surface area contributed by atoms with E-state index in [0.29, 0.717) is 19.5 Å². The van der Waals surface area contributed by atoms with Crippen molar-refractivity contribution in [2.45, 2.75) is 6.42 Å². The van der Waals surface area contributed by atoms with Crippen LogP contribution in [0.2, 0.25) is 0 Å². The SMILES string of the molecule is COC(=O)[C@@H]1CCN(C(=O)/C=C/CN(C)C)C1. The number of hydrogen-bond acceptors (Lipinski definition) is 4. The summed E-state index contributed by atoms with van der Waals surface area (Å²) in [6.07, 6.45) is 4.09. The molecule has 1 saturated heterocycles. The third kappa shape index (κ3) is 4.19. The van der Waals surface area contributed by atoms with Gasteiger partial charge in [0.1, 0.15) is 0 Å². The largest absolute Gasteiger partial charge is 0.469 e. The number of carbonyl (C=O) groups is 2. The molecule has 0 radical (unpaired) electrons. The highest BCUT2D eigenvalue weighted by atomic mass is 16.5. The third-order valence-corrected chi connectivity index (χ3v) is 2.77. The van der Waals surface area contributed by atoms with Crippen LogP contribution in [0.1, 0.15) is 6.42 Å². The molecular formula is C12H20N2O3. The second kappa shape index (κ2) is 6.39. The van der Waals surface area contributed by atoms with Gasteiger partial charge >= 0.3 is 5.97 Å². The van der Waals surface area contributed by atoms with Gasteiger partial charge in [-0.1, -0.05) is 6.08 Å². The molecule has 0 aromatic carbocycles. The summed E-state index contributed by atoms with van der Waals surface area (Å²) >= 11 is 0. The zero-order valence-corrected chi connectivity index (χ0v) is 10.7. The molecule has 0 aliphatic carbocycles. The molecule has 17 heavy (non-hydrogen) atoms. The zero-order chi connectivity index (χ0) is 12.8. The zero-order valence-electron chi connectivity index (χ0n) is 10.7. The number of likely N-dealkylation sites (N-methyl/N-ethyl adjacent to an activating group) is 1. The Kier molecular flexibility index (Phi) is 5.15. The number of likely N-dealkylation sites (tertiary alicyclic amines) is 1. The molecule has 0 aromatic heterocycles. The van der Waals surface area contributed by atoms with Crippen LogP contribution in [-0.4, -0.2) is 62.5 Å². The predicted molar refractivity (Wildman–Crippen MR) is 64.4 cm³/mol. The Labute approximate surface area is 102 Å². The average molecular weight is 240 g/mol. The number of hydrogen-bond donors (Lipinski definition) is 0. The lowest BCUT2D eigenvalue weighted by Crippen LogP contribution is -2.28. The van der Waals surface area contributed by atoms with Gasteiger partial charge in [0.15, 0.2) is 0 Å². The lowest BCUT2D eigenvalue weighted by molar-refractivity contribution is -0.145. The minimum atomic E-state index is -0.224. The van der Waals surface area contributed by atoms with Crippen LogP contribution in [-0.2, 0) is 14.3 Å². The molecule has 1 aliphatic rings. The Bertz CT molecular complexity index is 313. The van der Waals surface area contributed by atoms with Crippen molar-refractivity contribution in [2.24, 2.45) is 5.92 Å². The Morgan fingerprint density at radius 1 is 1.47 bits per heavy atom. The lowest BCUT2D eigenvalue weighted by Gasteiger charge is -2.13. The molecule has 1 fully saturated rings. The molecular weight excluding hydrogens is 220 g/mol. The first-order chi connectivity index (χ1) is 8.04. The number of esters is 1. The van der Waals surface area contributed by atoms with Gasteiger partial charge in [0.05, 0.1) is 13.0 Å². The van der Waals surface area contributed by atoms with Gasteiger partial charge in [-0.2, -0.15) is 0 Å². The van der Waals surface area contributed by atoms with Gasteiger partial charge in [0, 0.05) is 25.7 Å². The first-order valence-corrected chi connectivity index (χ1v) is 5.72. The van der Waals surface area contributed by atoms with Crippen molar-refractivity contribution in [1.29, 1.82) is 0 Å². The first-order valence-electron chi connectivity index (χ1n) is 5.72. The fraction of sp³-hybridized carbons (Fsp3) is 0.667. The molecule has 1 amide bonds. The Morgan fingerprint density at radius 2 is 2.18 bits per heavy atom. The van der Waals surface area contributed by atoms with Crippen LogP contribution in [0.5, 0.6) is 0 Å². The van der Waals surface area contributed by atoms with Crippen molar-refractivity contribution in [3.05, 3.63) is 12.2 Å². The molecule has 0 unspecified atom stereocenters. The van der Waals surface area contributed by atoms with Gasteiger partial charge < -0.3 is 14.5 Å². The van der Waals surface area contributed by atoms with Crippen LogP contribution in [0.15, 0.2) is 12.2 Å². The summed E-state index contributed by atoms with van der Waals surface area (Å²) in [7, 11) is 5.26. The molecule has 5 heteroatoms. The summed E-state index contributed by atoms with van der Waals surface area (Å²) in [5, 5.41) is 0. The summed E-state index contributed by atoms with van der Waals surface area (Å²) in [5.41, 5.74) is 0. The van der Waals surface area contributed by atoms with E-state index < -0.39 is 0 Å². The maximum absolute atomic E-state index is 11.8. The van der Waals surface area contributed by atoms with Crippen LogP contribution >= 0.6 is 0 Å². The summed E-state index contributed by atoms with van der Waals surface area (Å²) in [5.74, 6) is -0.415. The summed E-state index contributed by atoms with van der Waals surface area (Å²) < 4.78 is 4.67. The van der Waals surface area contributed by atoms with E-state index in [1.807, 2.05) is 25.1 Å². The fourth-order valence-electron chi connectivity index (χ4n) is 1.79. The number of nitrogens with zero attached hydrogens (tertiary/aromatic N) is 2. The molecule has 0 bridgehead atoms. The monoisotopic (exact) mass is 240 g/mol. The summed E-state index contributed by atoms with van der Waals surface area (Å²) in [4.78, 5) is 26.7. The maximum atomic E-state index is 11.8. The molecule has 0 aromatic rings. The molecule has 1 atom stereocenters. The van der Waals surface area contributed by atoms with E-state index in [4.69, 9.17) is 0 Å². The van der Waals surface area contributed by atoms with E-state index in [-0.39, 0.29) is 17.8 Å².